The summed E-state index contributed by atoms with van der Waals surface area (Å²) >= 11 is 0. The van der Waals surface area contributed by atoms with Gasteiger partial charge in [0.05, 0.1) is 17.5 Å². The van der Waals surface area contributed by atoms with E-state index in [1.54, 1.807) is 36.0 Å². The molecule has 0 saturated heterocycles. The number of benzene rings is 1. The number of nitrogens with zero attached hydrogens (tertiary/aromatic N) is 3. The fourth-order valence-corrected chi connectivity index (χ4v) is 1.48. The van der Waals surface area contributed by atoms with Gasteiger partial charge in [0, 0.05) is 12.6 Å². The van der Waals surface area contributed by atoms with Crippen molar-refractivity contribution < 1.29 is 5.11 Å². The van der Waals surface area contributed by atoms with Crippen LogP contribution >= 0.6 is 0 Å². The van der Waals surface area contributed by atoms with Gasteiger partial charge < -0.3 is 5.11 Å². The fraction of sp³-hybridized carbons (Fsp3) is 0.0909. The maximum Gasteiger partial charge on any atom is 0.115 e. The molecule has 0 aliphatic heterocycles. The van der Waals surface area contributed by atoms with Crippen molar-refractivity contribution in [2.75, 3.05) is 0 Å². The molecule has 4 heteroatoms. The third-order valence-electron chi connectivity index (χ3n) is 2.20. The van der Waals surface area contributed by atoms with E-state index in [4.69, 9.17) is 10.4 Å². The molecule has 2 aromatic rings. The number of nitriles is 1. The maximum atomic E-state index is 9.16. The predicted molar refractivity (Wildman–Crippen MR) is 55.0 cm³/mol. The minimum absolute atomic E-state index is 0.208. The lowest BCUT2D eigenvalue weighted by Crippen LogP contribution is -1.94. The largest absolute Gasteiger partial charge is 0.508 e. The first-order valence-electron chi connectivity index (χ1n) is 4.44. The Morgan fingerprint density at radius 1 is 1.33 bits per heavy atom. The molecule has 1 aromatic heterocycles. The zero-order chi connectivity index (χ0) is 10.8. The second kappa shape index (κ2) is 3.46. The van der Waals surface area contributed by atoms with Gasteiger partial charge in [0.25, 0.3) is 0 Å². The third-order valence-corrected chi connectivity index (χ3v) is 2.20. The van der Waals surface area contributed by atoms with Crippen LogP contribution in [0, 0.1) is 11.3 Å². The number of aromatic hydroxyl groups is 1. The first-order valence-corrected chi connectivity index (χ1v) is 4.44. The van der Waals surface area contributed by atoms with E-state index in [9.17, 15) is 0 Å². The predicted octanol–water partition coefficient (Wildman–Crippen LogP) is 1.66. The van der Waals surface area contributed by atoms with Crippen LogP contribution in [0.25, 0.3) is 11.3 Å². The van der Waals surface area contributed by atoms with Gasteiger partial charge in [-0.15, -0.1) is 0 Å². The van der Waals surface area contributed by atoms with Crippen molar-refractivity contribution >= 4 is 0 Å². The molecule has 0 aliphatic rings. The lowest BCUT2D eigenvalue weighted by Gasteiger charge is -2.02. The van der Waals surface area contributed by atoms with Crippen LogP contribution in [0.3, 0.4) is 0 Å². The van der Waals surface area contributed by atoms with E-state index < -0.39 is 0 Å². The molecule has 4 nitrogen and oxygen atoms in total. The van der Waals surface area contributed by atoms with E-state index in [0.717, 1.165) is 11.3 Å². The van der Waals surface area contributed by atoms with Gasteiger partial charge in [-0.3, -0.25) is 4.68 Å². The topological polar surface area (TPSA) is 61.8 Å². The molecule has 0 bridgehead atoms. The molecule has 0 fully saturated rings. The molecule has 0 unspecified atom stereocenters. The van der Waals surface area contributed by atoms with Gasteiger partial charge in [-0.05, 0) is 24.3 Å². The summed E-state index contributed by atoms with van der Waals surface area (Å²) in [6.45, 7) is 0. The lowest BCUT2D eigenvalue weighted by atomic mass is 10.1. The molecule has 2 rings (SSSR count). The molecule has 0 aliphatic carbocycles. The van der Waals surface area contributed by atoms with Gasteiger partial charge in [-0.2, -0.15) is 10.4 Å². The van der Waals surface area contributed by atoms with Crippen LogP contribution < -0.4 is 0 Å². The molecule has 1 N–H and O–H groups in total. The summed E-state index contributed by atoms with van der Waals surface area (Å²) in [4.78, 5) is 0. The van der Waals surface area contributed by atoms with E-state index in [-0.39, 0.29) is 5.75 Å². The summed E-state index contributed by atoms with van der Waals surface area (Å²) in [7, 11) is 1.78. The molecule has 0 atom stereocenters. The number of hydrogen-bond donors (Lipinski definition) is 1. The molecule has 0 saturated carbocycles. The number of phenols is 1. The first-order chi connectivity index (χ1) is 7.22. The van der Waals surface area contributed by atoms with E-state index >= 15 is 0 Å². The molecule has 1 heterocycles. The van der Waals surface area contributed by atoms with Crippen molar-refractivity contribution in [2.45, 2.75) is 0 Å². The van der Waals surface area contributed by atoms with E-state index in [2.05, 4.69) is 11.2 Å². The average molecular weight is 199 g/mol. The van der Waals surface area contributed by atoms with Crippen molar-refractivity contribution in [1.29, 1.82) is 5.26 Å². The Hall–Kier alpha value is -2.28. The van der Waals surface area contributed by atoms with Crippen LogP contribution in [0.4, 0.5) is 0 Å². The summed E-state index contributed by atoms with van der Waals surface area (Å²) < 4.78 is 1.64. The van der Waals surface area contributed by atoms with Gasteiger partial charge in [0.1, 0.15) is 11.8 Å². The van der Waals surface area contributed by atoms with Crippen molar-refractivity contribution in [2.24, 2.45) is 7.05 Å². The number of rotatable bonds is 1. The standard InChI is InChI=1S/C11H9N3O/c1-14-11(9(6-12)7-13-14)8-2-4-10(15)5-3-8/h2-5,7,15H,1H3. The summed E-state index contributed by atoms with van der Waals surface area (Å²) in [6, 6.07) is 8.77. The average Bonchev–Trinajstić information content (AvgIpc) is 2.61. The Morgan fingerprint density at radius 2 is 2.00 bits per heavy atom. The minimum atomic E-state index is 0.208. The molecular weight excluding hydrogens is 190 g/mol. The summed E-state index contributed by atoms with van der Waals surface area (Å²) in [6.07, 6.45) is 1.53. The Balaban J connectivity index is 2.59. The van der Waals surface area contributed by atoms with Crippen molar-refractivity contribution in [3.8, 4) is 23.1 Å². The minimum Gasteiger partial charge on any atom is -0.508 e. The Bertz CT molecular complexity index is 520. The Labute approximate surface area is 87.0 Å². The van der Waals surface area contributed by atoms with Gasteiger partial charge >= 0.3 is 0 Å². The molecule has 0 spiro atoms. The first kappa shape index (κ1) is 9.28. The van der Waals surface area contributed by atoms with Crippen LogP contribution in [0.2, 0.25) is 0 Å². The monoisotopic (exact) mass is 199 g/mol. The highest BCUT2D eigenvalue weighted by atomic mass is 16.3. The van der Waals surface area contributed by atoms with Crippen molar-refractivity contribution in [3.05, 3.63) is 36.0 Å². The molecule has 0 radical (unpaired) electrons. The fourth-order valence-electron chi connectivity index (χ4n) is 1.48. The zero-order valence-electron chi connectivity index (χ0n) is 8.18. The van der Waals surface area contributed by atoms with Crippen LogP contribution in [0.15, 0.2) is 30.5 Å². The van der Waals surface area contributed by atoms with E-state index in [0.29, 0.717) is 5.56 Å². The second-order valence-corrected chi connectivity index (χ2v) is 3.19. The molecule has 15 heavy (non-hydrogen) atoms. The molecule has 74 valence electrons. The summed E-state index contributed by atoms with van der Waals surface area (Å²) in [5.41, 5.74) is 2.16. The summed E-state index contributed by atoms with van der Waals surface area (Å²) in [5.74, 6) is 0.208. The Kier molecular flexibility index (Phi) is 2.14. The van der Waals surface area contributed by atoms with Crippen LogP contribution in [-0.2, 0) is 7.05 Å². The van der Waals surface area contributed by atoms with Crippen molar-refractivity contribution in [3.63, 3.8) is 0 Å². The molecule has 1 aromatic carbocycles. The van der Waals surface area contributed by atoms with Crippen LogP contribution in [0.5, 0.6) is 5.75 Å². The van der Waals surface area contributed by atoms with E-state index in [1.807, 2.05) is 0 Å². The van der Waals surface area contributed by atoms with E-state index in [1.165, 1.54) is 6.20 Å². The second-order valence-electron chi connectivity index (χ2n) is 3.19. The smallest absolute Gasteiger partial charge is 0.115 e. The normalized spacial score (nSPS) is 9.87. The van der Waals surface area contributed by atoms with Gasteiger partial charge in [-0.25, -0.2) is 0 Å². The highest BCUT2D eigenvalue weighted by molar-refractivity contribution is 5.67. The lowest BCUT2D eigenvalue weighted by molar-refractivity contribution is 0.475. The third kappa shape index (κ3) is 1.55. The van der Waals surface area contributed by atoms with Gasteiger partial charge in [-0.1, -0.05) is 0 Å². The maximum absolute atomic E-state index is 9.16. The highest BCUT2D eigenvalue weighted by Gasteiger charge is 2.09. The number of aromatic nitrogens is 2. The van der Waals surface area contributed by atoms with Crippen molar-refractivity contribution in [1.82, 2.24) is 9.78 Å². The molecular formula is C11H9N3O. The van der Waals surface area contributed by atoms with Crippen LogP contribution in [-0.4, -0.2) is 14.9 Å². The highest BCUT2D eigenvalue weighted by Crippen LogP contribution is 2.24. The SMILES string of the molecule is Cn1ncc(C#N)c1-c1ccc(O)cc1. The number of hydrogen-bond acceptors (Lipinski definition) is 3. The van der Waals surface area contributed by atoms with Gasteiger partial charge in [0.2, 0.25) is 0 Å². The number of aryl methyl sites for hydroxylation is 1. The quantitative estimate of drug-likeness (QED) is 0.759. The Morgan fingerprint density at radius 3 is 2.60 bits per heavy atom. The summed E-state index contributed by atoms with van der Waals surface area (Å²) in [5, 5.41) is 22.1. The number of phenolic OH excluding ortho intramolecular Hbond substituents is 1. The van der Waals surface area contributed by atoms with Crippen LogP contribution in [0.1, 0.15) is 5.56 Å². The zero-order valence-corrected chi connectivity index (χ0v) is 8.18. The molecule has 0 amide bonds. The van der Waals surface area contributed by atoms with Gasteiger partial charge in [0.15, 0.2) is 0 Å².